The number of carbonyl (C=O) groups is 2. The first-order chi connectivity index (χ1) is 17.6. The van der Waals surface area contributed by atoms with E-state index in [1.807, 2.05) is 13.8 Å². The number of halogens is 1. The van der Waals surface area contributed by atoms with Gasteiger partial charge in [-0.15, -0.1) is 0 Å². The fourth-order valence-corrected chi connectivity index (χ4v) is 5.14. The molecule has 0 fully saturated rings. The maximum absolute atomic E-state index is 14.5. The number of nitrogens with one attached hydrogen (secondary N) is 1. The maximum atomic E-state index is 14.5. The molecule has 0 heterocycles. The van der Waals surface area contributed by atoms with E-state index in [4.69, 9.17) is 0 Å². The lowest BCUT2D eigenvalue weighted by Gasteiger charge is -2.32. The van der Waals surface area contributed by atoms with E-state index in [2.05, 4.69) is 5.32 Å². The highest BCUT2D eigenvalue weighted by atomic mass is 32.2. The van der Waals surface area contributed by atoms with Crippen molar-refractivity contribution in [2.75, 3.05) is 10.8 Å². The summed E-state index contributed by atoms with van der Waals surface area (Å²) in [6.45, 7) is 4.54. The Balaban J connectivity index is 2.00. The minimum Gasteiger partial charge on any atom is -0.352 e. The molecule has 196 valence electrons. The SMILES string of the molecule is CC[C@@H](C)NC(=O)[C@@H](C)N(Cc1ccccc1F)C(=O)CN(c1ccccc1)S(=O)(=O)c1ccccc1. The second-order valence-electron chi connectivity index (χ2n) is 8.77. The van der Waals surface area contributed by atoms with Gasteiger partial charge in [0.1, 0.15) is 18.4 Å². The van der Waals surface area contributed by atoms with Crippen LogP contribution in [0, 0.1) is 5.82 Å². The summed E-state index contributed by atoms with van der Waals surface area (Å²) >= 11 is 0. The van der Waals surface area contributed by atoms with Gasteiger partial charge in [0, 0.05) is 18.2 Å². The Morgan fingerprint density at radius 2 is 1.46 bits per heavy atom. The number of amides is 2. The Hall–Kier alpha value is -3.72. The van der Waals surface area contributed by atoms with E-state index < -0.39 is 40.2 Å². The van der Waals surface area contributed by atoms with E-state index in [1.54, 1.807) is 61.5 Å². The maximum Gasteiger partial charge on any atom is 0.264 e. The van der Waals surface area contributed by atoms with Gasteiger partial charge in [0.15, 0.2) is 0 Å². The summed E-state index contributed by atoms with van der Waals surface area (Å²) in [5.41, 5.74) is 0.512. The molecule has 3 aromatic rings. The molecule has 2 amide bonds. The van der Waals surface area contributed by atoms with Crippen molar-refractivity contribution in [3.05, 3.63) is 96.3 Å². The van der Waals surface area contributed by atoms with Crippen molar-refractivity contribution in [3.63, 3.8) is 0 Å². The summed E-state index contributed by atoms with van der Waals surface area (Å²) < 4.78 is 42.8. The van der Waals surface area contributed by atoms with Crippen LogP contribution < -0.4 is 9.62 Å². The first kappa shape index (κ1) is 27.9. The van der Waals surface area contributed by atoms with Gasteiger partial charge in [-0.25, -0.2) is 12.8 Å². The number of rotatable bonds is 11. The minimum absolute atomic E-state index is 0.0230. The topological polar surface area (TPSA) is 86.8 Å². The van der Waals surface area contributed by atoms with Crippen molar-refractivity contribution in [1.29, 1.82) is 0 Å². The quantitative estimate of drug-likeness (QED) is 0.403. The lowest BCUT2D eigenvalue weighted by Crippen LogP contribution is -2.52. The molecule has 1 N–H and O–H groups in total. The molecule has 37 heavy (non-hydrogen) atoms. The number of hydrogen-bond donors (Lipinski definition) is 1. The van der Waals surface area contributed by atoms with E-state index in [9.17, 15) is 22.4 Å². The summed E-state index contributed by atoms with van der Waals surface area (Å²) in [5.74, 6) is -1.57. The summed E-state index contributed by atoms with van der Waals surface area (Å²) in [5, 5.41) is 2.85. The molecule has 0 saturated heterocycles. The monoisotopic (exact) mass is 525 g/mol. The lowest BCUT2D eigenvalue weighted by molar-refractivity contribution is -0.139. The van der Waals surface area contributed by atoms with Crippen molar-refractivity contribution in [2.24, 2.45) is 0 Å². The van der Waals surface area contributed by atoms with Gasteiger partial charge in [-0.05, 0) is 50.6 Å². The fraction of sp³-hybridized carbons (Fsp3) is 0.286. The smallest absolute Gasteiger partial charge is 0.264 e. The molecular formula is C28H32FN3O4S. The van der Waals surface area contributed by atoms with Crippen LogP contribution in [0.4, 0.5) is 10.1 Å². The predicted molar refractivity (Wildman–Crippen MR) is 142 cm³/mol. The Kier molecular flexibility index (Phi) is 9.41. The molecule has 0 aliphatic carbocycles. The Labute approximate surface area is 218 Å². The van der Waals surface area contributed by atoms with E-state index in [-0.39, 0.29) is 23.0 Å². The van der Waals surface area contributed by atoms with Crippen molar-refractivity contribution in [3.8, 4) is 0 Å². The third-order valence-electron chi connectivity index (χ3n) is 6.12. The largest absolute Gasteiger partial charge is 0.352 e. The molecule has 0 aromatic heterocycles. The van der Waals surface area contributed by atoms with Crippen molar-refractivity contribution < 1.29 is 22.4 Å². The number of benzene rings is 3. The van der Waals surface area contributed by atoms with Gasteiger partial charge in [-0.3, -0.25) is 13.9 Å². The number of nitrogens with zero attached hydrogens (tertiary/aromatic N) is 2. The summed E-state index contributed by atoms with van der Waals surface area (Å²) in [4.78, 5) is 28.0. The third kappa shape index (κ3) is 6.95. The van der Waals surface area contributed by atoms with Crippen LogP contribution in [-0.4, -0.2) is 43.8 Å². The highest BCUT2D eigenvalue weighted by Gasteiger charge is 2.33. The van der Waals surface area contributed by atoms with E-state index in [1.165, 1.54) is 35.2 Å². The first-order valence-electron chi connectivity index (χ1n) is 12.1. The zero-order valence-corrected chi connectivity index (χ0v) is 22.0. The van der Waals surface area contributed by atoms with Crippen LogP contribution in [0.15, 0.2) is 89.8 Å². The summed E-state index contributed by atoms with van der Waals surface area (Å²) in [7, 11) is -4.12. The highest BCUT2D eigenvalue weighted by molar-refractivity contribution is 7.92. The third-order valence-corrected chi connectivity index (χ3v) is 7.91. The molecule has 3 aromatic carbocycles. The van der Waals surface area contributed by atoms with Crippen LogP contribution in [0.1, 0.15) is 32.8 Å². The molecule has 0 aliphatic heterocycles. The zero-order chi connectivity index (χ0) is 27.0. The average Bonchev–Trinajstić information content (AvgIpc) is 2.91. The molecule has 0 bridgehead atoms. The number of anilines is 1. The Bertz CT molecular complexity index is 1300. The van der Waals surface area contributed by atoms with Gasteiger partial charge in [-0.1, -0.05) is 61.5 Å². The van der Waals surface area contributed by atoms with Crippen LogP contribution in [0.5, 0.6) is 0 Å². The molecule has 3 rings (SSSR count). The standard InChI is InChI=1S/C28H32FN3O4S/c1-4-21(2)30-28(34)22(3)31(19-23-13-11-12-18-26(23)29)27(33)20-32(24-14-7-5-8-15-24)37(35,36)25-16-9-6-10-17-25/h5-18,21-22H,4,19-20H2,1-3H3,(H,30,34)/t21-,22-/m1/s1. The number of carbonyl (C=O) groups excluding carboxylic acids is 2. The van der Waals surface area contributed by atoms with Crippen LogP contribution in [-0.2, 0) is 26.2 Å². The van der Waals surface area contributed by atoms with Crippen molar-refractivity contribution in [1.82, 2.24) is 10.2 Å². The highest BCUT2D eigenvalue weighted by Crippen LogP contribution is 2.24. The van der Waals surface area contributed by atoms with Crippen LogP contribution in [0.3, 0.4) is 0 Å². The molecule has 0 aliphatic rings. The first-order valence-corrected chi connectivity index (χ1v) is 13.5. The van der Waals surface area contributed by atoms with Crippen LogP contribution in [0.2, 0.25) is 0 Å². The van der Waals surface area contributed by atoms with Crippen LogP contribution in [0.25, 0.3) is 0 Å². The van der Waals surface area contributed by atoms with E-state index in [0.29, 0.717) is 12.1 Å². The van der Waals surface area contributed by atoms with Crippen molar-refractivity contribution >= 4 is 27.5 Å². The van der Waals surface area contributed by atoms with Gasteiger partial charge in [-0.2, -0.15) is 0 Å². The molecule has 0 saturated carbocycles. The number of para-hydroxylation sites is 1. The van der Waals surface area contributed by atoms with Gasteiger partial charge in [0.25, 0.3) is 10.0 Å². The lowest BCUT2D eigenvalue weighted by atomic mass is 10.1. The second-order valence-corrected chi connectivity index (χ2v) is 10.6. The normalized spacial score (nSPS) is 12.9. The van der Waals surface area contributed by atoms with Crippen molar-refractivity contribution in [2.45, 2.75) is 50.7 Å². The van der Waals surface area contributed by atoms with Gasteiger partial charge in [0.2, 0.25) is 11.8 Å². The van der Waals surface area contributed by atoms with E-state index in [0.717, 1.165) is 4.31 Å². The molecule has 2 atom stereocenters. The van der Waals surface area contributed by atoms with Gasteiger partial charge < -0.3 is 10.2 Å². The molecule has 0 spiro atoms. The van der Waals surface area contributed by atoms with Crippen LogP contribution >= 0.6 is 0 Å². The van der Waals surface area contributed by atoms with Gasteiger partial charge in [0.05, 0.1) is 10.6 Å². The number of hydrogen-bond acceptors (Lipinski definition) is 4. The molecule has 0 unspecified atom stereocenters. The second kappa shape index (κ2) is 12.5. The Morgan fingerprint density at radius 1 is 0.892 bits per heavy atom. The average molecular weight is 526 g/mol. The molecule has 9 heteroatoms. The predicted octanol–water partition coefficient (Wildman–Crippen LogP) is 4.35. The zero-order valence-electron chi connectivity index (χ0n) is 21.2. The number of sulfonamides is 1. The summed E-state index contributed by atoms with van der Waals surface area (Å²) in [6.07, 6.45) is 0.691. The summed E-state index contributed by atoms with van der Waals surface area (Å²) in [6, 6.07) is 21.0. The van der Waals surface area contributed by atoms with E-state index >= 15 is 0 Å². The minimum atomic E-state index is -4.12. The molecular weight excluding hydrogens is 493 g/mol. The van der Waals surface area contributed by atoms with Gasteiger partial charge >= 0.3 is 0 Å². The molecule has 7 nitrogen and oxygen atoms in total. The fourth-order valence-electron chi connectivity index (χ4n) is 3.70. The molecule has 0 radical (unpaired) electrons. The Morgan fingerprint density at radius 3 is 2.05 bits per heavy atom.